The molecule has 39 heavy (non-hydrogen) atoms. The van der Waals surface area contributed by atoms with Crippen LogP contribution in [0.1, 0.15) is 64.2 Å². The first kappa shape index (κ1) is 26.5. The van der Waals surface area contributed by atoms with Crippen LogP contribution in [0, 0.1) is 12.8 Å². The molecule has 200 valence electrons. The van der Waals surface area contributed by atoms with Gasteiger partial charge in [0.1, 0.15) is 5.69 Å². The maximum Gasteiger partial charge on any atom is 0.221 e. The topological polar surface area (TPSA) is 102 Å². The van der Waals surface area contributed by atoms with Crippen LogP contribution >= 0.6 is 0 Å². The van der Waals surface area contributed by atoms with E-state index in [9.17, 15) is 9.59 Å². The van der Waals surface area contributed by atoms with Crippen molar-refractivity contribution in [1.82, 2.24) is 15.1 Å². The molecule has 1 heterocycles. The molecule has 0 aliphatic heterocycles. The summed E-state index contributed by atoms with van der Waals surface area (Å²) in [6.45, 7) is 4.78. The van der Waals surface area contributed by atoms with Gasteiger partial charge in [-0.2, -0.15) is 5.10 Å². The maximum absolute atomic E-state index is 13.5. The minimum atomic E-state index is -0.0906. The summed E-state index contributed by atoms with van der Waals surface area (Å²) in [5.41, 5.74) is 12.9. The van der Waals surface area contributed by atoms with Crippen LogP contribution in [0.4, 0.5) is 5.69 Å². The van der Waals surface area contributed by atoms with Gasteiger partial charge in [-0.15, -0.1) is 0 Å². The summed E-state index contributed by atoms with van der Waals surface area (Å²) in [5.74, 6) is 0.636. The number of nitrogens with zero attached hydrogens (tertiary/aromatic N) is 2. The van der Waals surface area contributed by atoms with E-state index in [4.69, 9.17) is 5.73 Å². The molecule has 1 fully saturated rings. The number of benzene rings is 3. The number of Topliss-reactive ketones (excluding diaryl/α,β-unsaturated/α-hetero) is 1. The number of aromatic nitrogens is 2. The molecule has 0 saturated heterocycles. The van der Waals surface area contributed by atoms with Crippen LogP contribution in [0.5, 0.6) is 0 Å². The van der Waals surface area contributed by atoms with Crippen molar-refractivity contribution in [3.8, 4) is 5.69 Å². The predicted molar refractivity (Wildman–Crippen MR) is 154 cm³/mol. The van der Waals surface area contributed by atoms with E-state index in [-0.39, 0.29) is 24.2 Å². The van der Waals surface area contributed by atoms with Crippen LogP contribution in [-0.4, -0.2) is 28.0 Å². The Labute approximate surface area is 229 Å². The molecular weight excluding hydrogens is 486 g/mol. The molecule has 1 aliphatic rings. The summed E-state index contributed by atoms with van der Waals surface area (Å²) >= 11 is 0. The van der Waals surface area contributed by atoms with Crippen molar-refractivity contribution in [2.24, 2.45) is 11.7 Å². The lowest BCUT2D eigenvalue weighted by atomic mass is 9.95. The number of hydrogen-bond donors (Lipinski definition) is 3. The van der Waals surface area contributed by atoms with E-state index in [0.29, 0.717) is 12.2 Å². The zero-order chi connectivity index (χ0) is 27.4. The van der Waals surface area contributed by atoms with Gasteiger partial charge in [-0.1, -0.05) is 48.5 Å². The van der Waals surface area contributed by atoms with Crippen molar-refractivity contribution in [3.05, 3.63) is 113 Å². The molecule has 1 aromatic heterocycles. The van der Waals surface area contributed by atoms with Crippen LogP contribution in [0.3, 0.4) is 0 Å². The van der Waals surface area contributed by atoms with Gasteiger partial charge in [0.25, 0.3) is 0 Å². The molecule has 1 saturated carbocycles. The number of amides is 1. The van der Waals surface area contributed by atoms with Crippen molar-refractivity contribution in [2.75, 3.05) is 11.9 Å². The quantitative estimate of drug-likeness (QED) is 0.238. The summed E-state index contributed by atoms with van der Waals surface area (Å²) in [6.07, 6.45) is 2.79. The monoisotopic (exact) mass is 521 g/mol. The van der Waals surface area contributed by atoms with Crippen LogP contribution in [0.15, 0.2) is 78.9 Å². The lowest BCUT2D eigenvalue weighted by Crippen LogP contribution is -2.25. The summed E-state index contributed by atoms with van der Waals surface area (Å²) < 4.78 is 1.72. The van der Waals surface area contributed by atoms with Crippen LogP contribution in [0.2, 0.25) is 0 Å². The second-order valence-corrected chi connectivity index (χ2v) is 10.4. The van der Waals surface area contributed by atoms with Gasteiger partial charge < -0.3 is 16.4 Å². The molecule has 1 aliphatic carbocycles. The second-order valence-electron chi connectivity index (χ2n) is 10.4. The summed E-state index contributed by atoms with van der Waals surface area (Å²) in [4.78, 5) is 25.0. The van der Waals surface area contributed by atoms with Gasteiger partial charge in [0, 0.05) is 25.6 Å². The molecule has 5 rings (SSSR count). The molecule has 1 unspecified atom stereocenters. The van der Waals surface area contributed by atoms with E-state index in [1.807, 2.05) is 73.7 Å². The summed E-state index contributed by atoms with van der Waals surface area (Å²) in [5, 5.41) is 11.2. The average Bonchev–Trinajstić information content (AvgIpc) is 3.68. The molecule has 0 spiro atoms. The first-order valence-electron chi connectivity index (χ1n) is 13.5. The van der Waals surface area contributed by atoms with E-state index >= 15 is 0 Å². The Kier molecular flexibility index (Phi) is 8.00. The van der Waals surface area contributed by atoms with E-state index in [1.165, 1.54) is 19.8 Å². The van der Waals surface area contributed by atoms with E-state index in [1.54, 1.807) is 4.68 Å². The third kappa shape index (κ3) is 6.69. The highest BCUT2D eigenvalue weighted by molar-refractivity contribution is 5.96. The van der Waals surface area contributed by atoms with Crippen molar-refractivity contribution >= 4 is 17.4 Å². The number of hydrogen-bond acceptors (Lipinski definition) is 5. The minimum Gasteiger partial charge on any atom is -0.326 e. The Morgan fingerprint density at radius 1 is 0.974 bits per heavy atom. The SMILES string of the molecule is CC(=O)Nc1ccc(C(NCC2CC2)c2cccc(CC(=O)c3cc(C)nn3-c3cccc(CN)c3)c2)cc1. The first-order valence-corrected chi connectivity index (χ1v) is 13.5. The van der Waals surface area contributed by atoms with Crippen molar-refractivity contribution in [2.45, 2.75) is 45.7 Å². The highest BCUT2D eigenvalue weighted by Gasteiger charge is 2.24. The molecule has 4 aromatic rings. The van der Waals surface area contributed by atoms with Crippen LogP contribution < -0.4 is 16.4 Å². The molecule has 1 atom stereocenters. The molecule has 7 nitrogen and oxygen atoms in total. The second kappa shape index (κ2) is 11.8. The Bertz CT molecular complexity index is 1470. The van der Waals surface area contributed by atoms with Crippen molar-refractivity contribution in [3.63, 3.8) is 0 Å². The fraction of sp³-hybridized carbons (Fsp3) is 0.281. The van der Waals surface area contributed by atoms with Crippen LogP contribution in [0.25, 0.3) is 5.69 Å². The zero-order valence-electron chi connectivity index (χ0n) is 22.5. The average molecular weight is 522 g/mol. The normalized spacial score (nSPS) is 13.7. The fourth-order valence-corrected chi connectivity index (χ4v) is 4.87. The first-order chi connectivity index (χ1) is 18.9. The lowest BCUT2D eigenvalue weighted by Gasteiger charge is -2.21. The summed E-state index contributed by atoms with van der Waals surface area (Å²) in [7, 11) is 0. The minimum absolute atomic E-state index is 0.00745. The van der Waals surface area contributed by atoms with Gasteiger partial charge in [0.05, 0.1) is 17.4 Å². The molecular formula is C32H35N5O2. The van der Waals surface area contributed by atoms with E-state index in [2.05, 4.69) is 27.9 Å². The Balaban J connectivity index is 1.39. The number of nitrogens with two attached hydrogens (primary N) is 1. The molecule has 3 aromatic carbocycles. The van der Waals surface area contributed by atoms with Gasteiger partial charge in [0.2, 0.25) is 5.91 Å². The van der Waals surface area contributed by atoms with Crippen molar-refractivity contribution in [1.29, 1.82) is 0 Å². The Morgan fingerprint density at radius 2 is 1.72 bits per heavy atom. The molecule has 7 heteroatoms. The largest absolute Gasteiger partial charge is 0.326 e. The number of carbonyl (C=O) groups is 2. The molecule has 4 N–H and O–H groups in total. The number of nitrogens with one attached hydrogen (secondary N) is 2. The number of aryl methyl sites for hydroxylation is 1. The summed E-state index contributed by atoms with van der Waals surface area (Å²) in [6, 6.07) is 25.8. The Morgan fingerprint density at radius 3 is 2.44 bits per heavy atom. The Hall–Kier alpha value is -4.07. The number of ketones is 1. The number of carbonyl (C=O) groups excluding carboxylic acids is 2. The third-order valence-electron chi connectivity index (χ3n) is 7.03. The predicted octanol–water partition coefficient (Wildman–Crippen LogP) is 5.11. The molecule has 0 bridgehead atoms. The van der Waals surface area contributed by atoms with E-state index < -0.39 is 0 Å². The van der Waals surface area contributed by atoms with Gasteiger partial charge in [0.15, 0.2) is 5.78 Å². The zero-order valence-corrected chi connectivity index (χ0v) is 22.5. The fourth-order valence-electron chi connectivity index (χ4n) is 4.87. The lowest BCUT2D eigenvalue weighted by molar-refractivity contribution is -0.114. The number of anilines is 1. The van der Waals surface area contributed by atoms with Gasteiger partial charge in [-0.3, -0.25) is 9.59 Å². The molecule has 0 radical (unpaired) electrons. The van der Waals surface area contributed by atoms with E-state index in [0.717, 1.165) is 51.8 Å². The smallest absolute Gasteiger partial charge is 0.221 e. The maximum atomic E-state index is 13.5. The highest BCUT2D eigenvalue weighted by Crippen LogP contribution is 2.31. The third-order valence-corrected chi connectivity index (χ3v) is 7.03. The van der Waals surface area contributed by atoms with Gasteiger partial charge in [-0.25, -0.2) is 4.68 Å². The number of rotatable bonds is 11. The van der Waals surface area contributed by atoms with Gasteiger partial charge >= 0.3 is 0 Å². The standard InChI is InChI=1S/C32H35N5O2/c1-21-15-30(37(36-21)29-8-4-6-25(17-29)19-33)31(39)18-24-5-3-7-27(16-24)32(34-20-23-9-10-23)26-11-13-28(14-12-26)35-22(2)38/h3-8,11-17,23,32,34H,9-10,18-20,33H2,1-2H3,(H,35,38). The van der Waals surface area contributed by atoms with Crippen molar-refractivity contribution < 1.29 is 9.59 Å². The molecule has 1 amide bonds. The van der Waals surface area contributed by atoms with Crippen LogP contribution in [-0.2, 0) is 17.8 Å². The highest BCUT2D eigenvalue weighted by atomic mass is 16.1. The van der Waals surface area contributed by atoms with Gasteiger partial charge in [-0.05, 0) is 84.8 Å².